The van der Waals surface area contributed by atoms with Crippen molar-refractivity contribution in [1.82, 2.24) is 4.98 Å². The minimum atomic E-state index is -1.08. The number of aromatic hydroxyl groups is 1. The van der Waals surface area contributed by atoms with Crippen LogP contribution in [0.5, 0.6) is 5.75 Å². The molecule has 41 heavy (non-hydrogen) atoms. The number of amides is 1. The number of nitrogens with zero attached hydrogens (tertiary/aromatic N) is 1. The van der Waals surface area contributed by atoms with Crippen molar-refractivity contribution in [2.45, 2.75) is 58.3 Å². The van der Waals surface area contributed by atoms with Crippen molar-refractivity contribution in [3.63, 3.8) is 0 Å². The van der Waals surface area contributed by atoms with Crippen molar-refractivity contribution in [1.29, 1.82) is 0 Å². The molecular formula is C33H30Br2N2O4. The van der Waals surface area contributed by atoms with Crippen LogP contribution in [0.1, 0.15) is 95.4 Å². The number of ketones is 2. The molecule has 6 nitrogen and oxygen atoms in total. The molecule has 0 saturated carbocycles. The van der Waals surface area contributed by atoms with Crippen molar-refractivity contribution < 1.29 is 19.5 Å². The highest BCUT2D eigenvalue weighted by molar-refractivity contribution is 9.11. The molecule has 0 aliphatic heterocycles. The van der Waals surface area contributed by atoms with Gasteiger partial charge in [-0.25, -0.2) is 4.98 Å². The number of phenols is 1. The maximum Gasteiger partial charge on any atom is 0.255 e. The lowest BCUT2D eigenvalue weighted by molar-refractivity contribution is 0.0886. The quantitative estimate of drug-likeness (QED) is 0.212. The number of aromatic nitrogens is 1. The van der Waals surface area contributed by atoms with Crippen LogP contribution in [0.3, 0.4) is 0 Å². The summed E-state index contributed by atoms with van der Waals surface area (Å²) in [6.07, 6.45) is 0. The number of benzene rings is 3. The van der Waals surface area contributed by atoms with Gasteiger partial charge in [0.05, 0.1) is 16.9 Å². The molecule has 1 amide bonds. The molecule has 1 aliphatic carbocycles. The summed E-state index contributed by atoms with van der Waals surface area (Å²) in [7, 11) is 0. The Bertz CT molecular complexity index is 1710. The number of nitrogens with one attached hydrogen (secondary N) is 1. The van der Waals surface area contributed by atoms with Gasteiger partial charge in [-0.3, -0.25) is 14.4 Å². The first kappa shape index (κ1) is 29.1. The van der Waals surface area contributed by atoms with Crippen molar-refractivity contribution in [2.24, 2.45) is 0 Å². The molecule has 8 heteroatoms. The fourth-order valence-corrected chi connectivity index (χ4v) is 6.29. The van der Waals surface area contributed by atoms with E-state index < -0.39 is 16.7 Å². The predicted molar refractivity (Wildman–Crippen MR) is 168 cm³/mol. The van der Waals surface area contributed by atoms with Gasteiger partial charge in [0, 0.05) is 42.1 Å². The lowest BCUT2D eigenvalue weighted by atomic mass is 9.78. The number of pyridine rings is 1. The summed E-state index contributed by atoms with van der Waals surface area (Å²) in [5.41, 5.74) is 2.93. The minimum absolute atomic E-state index is 0.197. The van der Waals surface area contributed by atoms with Crippen LogP contribution in [0.4, 0.5) is 5.69 Å². The van der Waals surface area contributed by atoms with Crippen LogP contribution >= 0.6 is 31.9 Å². The minimum Gasteiger partial charge on any atom is -0.507 e. The number of phenolic OH excluding ortho intramolecular Hbond substituents is 1. The Morgan fingerprint density at radius 1 is 0.829 bits per heavy atom. The molecule has 1 heterocycles. The Labute approximate surface area is 255 Å². The fourth-order valence-electron chi connectivity index (χ4n) is 5.24. The van der Waals surface area contributed by atoms with E-state index in [-0.39, 0.29) is 23.2 Å². The monoisotopic (exact) mass is 676 g/mol. The number of Topliss-reactive ketones (excluding diaryl/α,β-unsaturated/α-hetero) is 2. The second kappa shape index (κ2) is 10.2. The number of para-hydroxylation sites is 1. The number of carbonyl (C=O) groups is 3. The molecule has 5 rings (SSSR count). The molecule has 3 aromatic carbocycles. The molecule has 0 fully saturated rings. The largest absolute Gasteiger partial charge is 0.507 e. The normalized spacial score (nSPS) is 14.0. The van der Waals surface area contributed by atoms with Crippen molar-refractivity contribution in [2.75, 3.05) is 5.32 Å². The molecule has 0 saturated heterocycles. The molecule has 0 radical (unpaired) electrons. The third-order valence-electron chi connectivity index (χ3n) is 7.39. The van der Waals surface area contributed by atoms with Crippen LogP contribution in [0.15, 0.2) is 63.5 Å². The van der Waals surface area contributed by atoms with E-state index in [1.54, 1.807) is 42.5 Å². The summed E-state index contributed by atoms with van der Waals surface area (Å²) in [4.78, 5) is 45.2. The van der Waals surface area contributed by atoms with Crippen molar-refractivity contribution in [3.05, 3.63) is 97.1 Å². The first-order valence-corrected chi connectivity index (χ1v) is 14.8. The molecule has 1 aromatic heterocycles. The van der Waals surface area contributed by atoms with E-state index in [1.807, 2.05) is 53.7 Å². The highest BCUT2D eigenvalue weighted by atomic mass is 79.9. The van der Waals surface area contributed by atoms with E-state index in [4.69, 9.17) is 4.98 Å². The Balaban J connectivity index is 1.56. The number of carbonyl (C=O) groups excluding carboxylic acids is 3. The number of hydrogen-bond donors (Lipinski definition) is 2. The smallest absolute Gasteiger partial charge is 0.255 e. The maximum absolute atomic E-state index is 13.7. The van der Waals surface area contributed by atoms with E-state index in [2.05, 4.69) is 37.2 Å². The Kier molecular flexibility index (Phi) is 7.23. The Morgan fingerprint density at radius 3 is 1.88 bits per heavy atom. The van der Waals surface area contributed by atoms with E-state index >= 15 is 0 Å². The van der Waals surface area contributed by atoms with Gasteiger partial charge < -0.3 is 10.4 Å². The Hall–Kier alpha value is -3.36. The van der Waals surface area contributed by atoms with Gasteiger partial charge in [0.25, 0.3) is 5.91 Å². The van der Waals surface area contributed by atoms with Crippen LogP contribution < -0.4 is 5.32 Å². The lowest BCUT2D eigenvalue weighted by Gasteiger charge is -2.28. The first-order valence-electron chi connectivity index (χ1n) is 13.2. The van der Waals surface area contributed by atoms with Gasteiger partial charge in [-0.1, -0.05) is 91.6 Å². The zero-order chi connectivity index (χ0) is 30.0. The molecule has 210 valence electrons. The first-order chi connectivity index (χ1) is 19.1. The second-order valence-electron chi connectivity index (χ2n) is 12.4. The molecule has 0 spiro atoms. The van der Waals surface area contributed by atoms with Crippen molar-refractivity contribution >= 4 is 65.9 Å². The van der Waals surface area contributed by atoms with Gasteiger partial charge >= 0.3 is 0 Å². The average molecular weight is 678 g/mol. The summed E-state index contributed by atoms with van der Waals surface area (Å²) in [5, 5.41) is 14.8. The summed E-state index contributed by atoms with van der Waals surface area (Å²) in [6.45, 7) is 12.0. The topological polar surface area (TPSA) is 96.4 Å². The predicted octanol–water partition coefficient (Wildman–Crippen LogP) is 8.48. The summed E-state index contributed by atoms with van der Waals surface area (Å²) < 4.78 is 1.12. The third-order valence-corrected chi connectivity index (χ3v) is 8.72. The number of rotatable bonds is 3. The molecule has 2 N–H and O–H groups in total. The summed E-state index contributed by atoms with van der Waals surface area (Å²) in [5.74, 6) is -1.87. The summed E-state index contributed by atoms with van der Waals surface area (Å²) in [6, 6.07) is 15.8. The molecule has 0 atom stereocenters. The van der Waals surface area contributed by atoms with Crippen LogP contribution in [0.25, 0.3) is 10.9 Å². The van der Waals surface area contributed by atoms with E-state index in [9.17, 15) is 19.5 Å². The third kappa shape index (κ3) is 5.12. The van der Waals surface area contributed by atoms with Crippen LogP contribution in [-0.4, -0.2) is 27.6 Å². The highest BCUT2D eigenvalue weighted by Gasteiger charge is 2.43. The molecule has 0 bridgehead atoms. The van der Waals surface area contributed by atoms with E-state index in [0.717, 1.165) is 5.39 Å². The molecule has 1 aliphatic rings. The molecule has 0 unspecified atom stereocenters. The van der Waals surface area contributed by atoms with Gasteiger partial charge in [-0.2, -0.15) is 0 Å². The second-order valence-corrected chi connectivity index (χ2v) is 14.1. The SMILES string of the molecule is CC(C)(C)c1cc(C(=O)Nc2cccc3ccc(C4C(=O)c5c(Br)ccc(Br)c5C4=O)nc23)cc(C(C)(C)C)c1O. The van der Waals surface area contributed by atoms with Gasteiger partial charge in [-0.05, 0) is 47.2 Å². The average Bonchev–Trinajstić information content (AvgIpc) is 3.16. The van der Waals surface area contributed by atoms with Crippen molar-refractivity contribution in [3.8, 4) is 5.75 Å². The standard InChI is InChI=1S/C33H30Br2N2O4/c1-32(2,3)18-14-17(15-19(28(18)38)33(4,5)6)31(41)37-23-9-7-8-16-10-13-22(36-27(16)23)26-29(39)24-20(34)11-12-21(35)25(24)30(26)40/h7-15,26,38H,1-6H3,(H,37,41). The Morgan fingerprint density at radius 2 is 1.37 bits per heavy atom. The summed E-state index contributed by atoms with van der Waals surface area (Å²) >= 11 is 6.82. The lowest BCUT2D eigenvalue weighted by Crippen LogP contribution is -2.21. The van der Waals surface area contributed by atoms with Gasteiger partial charge in [0.15, 0.2) is 11.6 Å². The van der Waals surface area contributed by atoms with E-state index in [1.165, 1.54) is 0 Å². The molecule has 4 aromatic rings. The number of fused-ring (bicyclic) bond motifs is 2. The maximum atomic E-state index is 13.7. The van der Waals surface area contributed by atoms with Gasteiger partial charge in [0.2, 0.25) is 0 Å². The zero-order valence-corrected chi connectivity index (χ0v) is 26.8. The number of hydrogen-bond acceptors (Lipinski definition) is 5. The van der Waals surface area contributed by atoms with E-state index in [0.29, 0.717) is 53.7 Å². The van der Waals surface area contributed by atoms with Crippen LogP contribution in [-0.2, 0) is 10.8 Å². The van der Waals surface area contributed by atoms with Gasteiger partial charge in [-0.15, -0.1) is 0 Å². The number of anilines is 1. The molecular weight excluding hydrogens is 648 g/mol. The fraction of sp³-hybridized carbons (Fsp3) is 0.273. The van der Waals surface area contributed by atoms with Crippen LogP contribution in [0, 0.1) is 0 Å². The van der Waals surface area contributed by atoms with Crippen LogP contribution in [0.2, 0.25) is 0 Å². The zero-order valence-electron chi connectivity index (χ0n) is 23.6. The highest BCUT2D eigenvalue weighted by Crippen LogP contribution is 2.42. The van der Waals surface area contributed by atoms with Gasteiger partial charge in [0.1, 0.15) is 11.7 Å². The number of halogens is 2.